The van der Waals surface area contributed by atoms with Gasteiger partial charge in [0.2, 0.25) is 0 Å². The molecular weight excluding hydrogens is 220 g/mol. The number of nitrogens with zero attached hydrogens (tertiary/aromatic N) is 3. The predicted octanol–water partition coefficient (Wildman–Crippen LogP) is 2.21. The fourth-order valence-electron chi connectivity index (χ4n) is 1.32. The minimum atomic E-state index is -0.299. The van der Waals surface area contributed by atoms with Crippen LogP contribution >= 0.6 is 0 Å². The van der Waals surface area contributed by atoms with Gasteiger partial charge in [-0.3, -0.25) is 4.79 Å². The predicted molar refractivity (Wildman–Crippen MR) is 63.7 cm³/mol. The first-order chi connectivity index (χ1) is 8.25. The van der Waals surface area contributed by atoms with Crippen molar-refractivity contribution < 1.29 is 9.90 Å². The SMILES string of the molecule is [N-]=[N+]=NCCCCNC(=O)c1ccccc1O. The summed E-state index contributed by atoms with van der Waals surface area (Å²) in [5.74, 6) is -0.328. The summed E-state index contributed by atoms with van der Waals surface area (Å²) in [6.45, 7) is 0.928. The number of azide groups is 1. The van der Waals surface area contributed by atoms with E-state index in [0.717, 1.165) is 12.8 Å². The maximum Gasteiger partial charge on any atom is 0.255 e. The molecular formula is C11H14N4O2. The Kier molecular flexibility index (Phi) is 5.40. The van der Waals surface area contributed by atoms with Crippen LogP contribution in [0.25, 0.3) is 10.4 Å². The second-order valence-corrected chi connectivity index (χ2v) is 3.43. The number of hydrogen-bond acceptors (Lipinski definition) is 3. The molecule has 0 radical (unpaired) electrons. The summed E-state index contributed by atoms with van der Waals surface area (Å²) in [4.78, 5) is 14.2. The van der Waals surface area contributed by atoms with E-state index in [1.54, 1.807) is 18.2 Å². The first-order valence-corrected chi connectivity index (χ1v) is 5.32. The Hall–Kier alpha value is -2.20. The molecule has 0 saturated heterocycles. The van der Waals surface area contributed by atoms with Gasteiger partial charge in [0.25, 0.3) is 5.91 Å². The fraction of sp³-hybridized carbons (Fsp3) is 0.364. The highest BCUT2D eigenvalue weighted by Crippen LogP contribution is 2.14. The Labute approximate surface area is 98.9 Å². The molecule has 17 heavy (non-hydrogen) atoms. The molecule has 1 aromatic carbocycles. The molecule has 0 atom stereocenters. The molecule has 0 aliphatic heterocycles. The summed E-state index contributed by atoms with van der Waals surface area (Å²) in [6.07, 6.45) is 1.46. The van der Waals surface area contributed by atoms with Crippen LogP contribution in [0.2, 0.25) is 0 Å². The molecule has 0 saturated carbocycles. The highest BCUT2D eigenvalue weighted by molar-refractivity contribution is 5.96. The number of carbonyl (C=O) groups is 1. The average molecular weight is 234 g/mol. The summed E-state index contributed by atoms with van der Waals surface area (Å²) < 4.78 is 0. The lowest BCUT2D eigenvalue weighted by molar-refractivity contribution is 0.0950. The lowest BCUT2D eigenvalue weighted by atomic mass is 10.2. The van der Waals surface area contributed by atoms with E-state index in [1.807, 2.05) is 0 Å². The third-order valence-electron chi connectivity index (χ3n) is 2.18. The minimum absolute atomic E-state index is 0.0286. The van der Waals surface area contributed by atoms with Gasteiger partial charge >= 0.3 is 0 Å². The lowest BCUT2D eigenvalue weighted by Gasteiger charge is -2.05. The molecule has 1 rings (SSSR count). The van der Waals surface area contributed by atoms with E-state index >= 15 is 0 Å². The molecule has 1 amide bonds. The number of para-hydroxylation sites is 1. The van der Waals surface area contributed by atoms with Gasteiger partial charge in [-0.05, 0) is 30.5 Å². The normalized spacial score (nSPS) is 9.41. The van der Waals surface area contributed by atoms with E-state index < -0.39 is 0 Å². The standard InChI is InChI=1S/C11H14N4O2/c12-15-14-8-4-3-7-13-11(17)9-5-1-2-6-10(9)16/h1-2,5-6,16H,3-4,7-8H2,(H,13,17). The quantitative estimate of drug-likeness (QED) is 0.341. The number of hydrogen-bond donors (Lipinski definition) is 2. The van der Waals surface area contributed by atoms with Gasteiger partial charge in [-0.2, -0.15) is 0 Å². The number of nitrogens with one attached hydrogen (secondary N) is 1. The minimum Gasteiger partial charge on any atom is -0.507 e. The van der Waals surface area contributed by atoms with Crippen molar-refractivity contribution in [3.8, 4) is 5.75 Å². The van der Waals surface area contributed by atoms with Crippen molar-refractivity contribution in [1.82, 2.24) is 5.32 Å². The average Bonchev–Trinajstić information content (AvgIpc) is 2.34. The number of aromatic hydroxyl groups is 1. The number of benzene rings is 1. The topological polar surface area (TPSA) is 98.1 Å². The van der Waals surface area contributed by atoms with E-state index in [9.17, 15) is 9.90 Å². The summed E-state index contributed by atoms with van der Waals surface area (Å²) in [5.41, 5.74) is 8.32. The Morgan fingerprint density at radius 2 is 2.18 bits per heavy atom. The van der Waals surface area contributed by atoms with Crippen LogP contribution in [0.3, 0.4) is 0 Å². The van der Waals surface area contributed by atoms with Crippen molar-refractivity contribution in [2.24, 2.45) is 5.11 Å². The first kappa shape index (κ1) is 12.9. The van der Waals surface area contributed by atoms with E-state index in [-0.39, 0.29) is 17.2 Å². The highest BCUT2D eigenvalue weighted by atomic mass is 16.3. The molecule has 0 unspecified atom stereocenters. The highest BCUT2D eigenvalue weighted by Gasteiger charge is 2.08. The third kappa shape index (κ3) is 4.44. The van der Waals surface area contributed by atoms with Crippen molar-refractivity contribution in [2.75, 3.05) is 13.1 Å². The van der Waals surface area contributed by atoms with Gasteiger partial charge in [0.05, 0.1) is 5.56 Å². The summed E-state index contributed by atoms with van der Waals surface area (Å²) in [7, 11) is 0. The van der Waals surface area contributed by atoms with Crippen LogP contribution in [-0.4, -0.2) is 24.1 Å². The number of rotatable bonds is 6. The molecule has 0 aliphatic carbocycles. The number of amides is 1. The Morgan fingerprint density at radius 3 is 2.88 bits per heavy atom. The van der Waals surface area contributed by atoms with E-state index in [0.29, 0.717) is 13.1 Å². The molecule has 0 bridgehead atoms. The summed E-state index contributed by atoms with van der Waals surface area (Å²) >= 11 is 0. The third-order valence-corrected chi connectivity index (χ3v) is 2.18. The fourth-order valence-corrected chi connectivity index (χ4v) is 1.32. The summed E-state index contributed by atoms with van der Waals surface area (Å²) in [5, 5.41) is 15.5. The molecule has 1 aromatic rings. The zero-order chi connectivity index (χ0) is 12.5. The molecule has 0 fully saturated rings. The van der Waals surface area contributed by atoms with Crippen LogP contribution in [0.4, 0.5) is 0 Å². The van der Waals surface area contributed by atoms with Gasteiger partial charge in [0, 0.05) is 18.0 Å². The zero-order valence-corrected chi connectivity index (χ0v) is 9.33. The smallest absolute Gasteiger partial charge is 0.255 e. The van der Waals surface area contributed by atoms with Crippen LogP contribution < -0.4 is 5.32 Å². The van der Waals surface area contributed by atoms with Gasteiger partial charge in [-0.15, -0.1) is 0 Å². The van der Waals surface area contributed by atoms with E-state index in [1.165, 1.54) is 6.07 Å². The number of carbonyl (C=O) groups excluding carboxylic acids is 1. The Bertz CT molecular complexity index is 427. The van der Waals surface area contributed by atoms with Crippen LogP contribution in [-0.2, 0) is 0 Å². The number of phenols is 1. The van der Waals surface area contributed by atoms with Crippen LogP contribution in [0.5, 0.6) is 5.75 Å². The maximum absolute atomic E-state index is 11.6. The van der Waals surface area contributed by atoms with Crippen molar-refractivity contribution in [1.29, 1.82) is 0 Å². The molecule has 0 aliphatic rings. The first-order valence-electron chi connectivity index (χ1n) is 5.32. The lowest BCUT2D eigenvalue weighted by Crippen LogP contribution is -2.24. The summed E-state index contributed by atoms with van der Waals surface area (Å²) in [6, 6.07) is 6.38. The Morgan fingerprint density at radius 1 is 1.41 bits per heavy atom. The Balaban J connectivity index is 2.31. The zero-order valence-electron chi connectivity index (χ0n) is 9.33. The second-order valence-electron chi connectivity index (χ2n) is 3.43. The van der Waals surface area contributed by atoms with Gasteiger partial charge < -0.3 is 10.4 Å². The van der Waals surface area contributed by atoms with E-state index in [4.69, 9.17) is 5.53 Å². The molecule has 2 N–H and O–H groups in total. The van der Waals surface area contributed by atoms with E-state index in [2.05, 4.69) is 15.3 Å². The molecule has 0 aromatic heterocycles. The van der Waals surface area contributed by atoms with Gasteiger partial charge in [-0.1, -0.05) is 17.2 Å². The number of unbranched alkanes of at least 4 members (excludes halogenated alkanes) is 1. The molecule has 0 spiro atoms. The monoisotopic (exact) mass is 234 g/mol. The largest absolute Gasteiger partial charge is 0.507 e. The van der Waals surface area contributed by atoms with Crippen LogP contribution in [0.1, 0.15) is 23.2 Å². The number of phenolic OH excluding ortho intramolecular Hbond substituents is 1. The molecule has 90 valence electrons. The van der Waals surface area contributed by atoms with Crippen LogP contribution in [0.15, 0.2) is 29.4 Å². The van der Waals surface area contributed by atoms with Crippen molar-refractivity contribution in [3.05, 3.63) is 40.3 Å². The van der Waals surface area contributed by atoms with Crippen molar-refractivity contribution >= 4 is 5.91 Å². The second kappa shape index (κ2) is 7.14. The molecule has 6 nitrogen and oxygen atoms in total. The van der Waals surface area contributed by atoms with Gasteiger partial charge in [0.1, 0.15) is 5.75 Å². The molecule has 6 heteroatoms. The van der Waals surface area contributed by atoms with Gasteiger partial charge in [-0.25, -0.2) is 0 Å². The van der Waals surface area contributed by atoms with Crippen molar-refractivity contribution in [2.45, 2.75) is 12.8 Å². The maximum atomic E-state index is 11.6. The van der Waals surface area contributed by atoms with Crippen LogP contribution in [0, 0.1) is 0 Å². The van der Waals surface area contributed by atoms with Crippen molar-refractivity contribution in [3.63, 3.8) is 0 Å². The molecule has 0 heterocycles. The van der Waals surface area contributed by atoms with Gasteiger partial charge in [0.15, 0.2) is 0 Å².